The van der Waals surface area contributed by atoms with Crippen molar-refractivity contribution in [3.63, 3.8) is 0 Å². The summed E-state index contributed by atoms with van der Waals surface area (Å²) in [6, 6.07) is 15.2. The van der Waals surface area contributed by atoms with E-state index in [1.807, 2.05) is 24.3 Å². The largest absolute Gasteiger partial charge is 0.351 e. The molecule has 1 N–H and O–H groups in total. The van der Waals surface area contributed by atoms with Crippen molar-refractivity contribution in [2.24, 2.45) is 0 Å². The Bertz CT molecular complexity index is 955. The van der Waals surface area contributed by atoms with Crippen molar-refractivity contribution in [1.82, 2.24) is 10.3 Å². The average molecular weight is 384 g/mol. The van der Waals surface area contributed by atoms with Gasteiger partial charge in [0.15, 0.2) is 5.11 Å². The lowest BCUT2D eigenvalue weighted by Crippen LogP contribution is -2.29. The number of rotatable bonds is 3. The third kappa shape index (κ3) is 2.99. The Hall–Kier alpha value is -2.31. The minimum Gasteiger partial charge on any atom is -0.351 e. The highest BCUT2D eigenvalue weighted by atomic mass is 32.1. The quantitative estimate of drug-likeness (QED) is 0.639. The number of aromatic nitrogens is 1. The SMILES string of the molecule is Cc1ccc([C@@H]2[C@H](c3ccccn3)NC(=S)N2c2ccc(F)c(C)c2)s1. The van der Waals surface area contributed by atoms with E-state index in [1.54, 1.807) is 30.5 Å². The third-order valence-electron chi connectivity index (χ3n) is 4.57. The molecular weight excluding hydrogens is 365 g/mol. The van der Waals surface area contributed by atoms with E-state index in [9.17, 15) is 4.39 Å². The highest BCUT2D eigenvalue weighted by Gasteiger charge is 2.41. The average Bonchev–Trinajstić information content (AvgIpc) is 3.21. The molecule has 0 bridgehead atoms. The van der Waals surface area contributed by atoms with Crippen molar-refractivity contribution in [2.75, 3.05) is 4.90 Å². The highest BCUT2D eigenvalue weighted by Crippen LogP contribution is 2.43. The number of thiophene rings is 1. The number of nitrogens with one attached hydrogen (secondary N) is 1. The van der Waals surface area contributed by atoms with Crippen LogP contribution in [0.3, 0.4) is 0 Å². The van der Waals surface area contributed by atoms with Crippen LogP contribution < -0.4 is 10.2 Å². The molecule has 3 heterocycles. The maximum Gasteiger partial charge on any atom is 0.174 e. The number of pyridine rings is 1. The Morgan fingerprint density at radius 1 is 1.15 bits per heavy atom. The molecule has 0 unspecified atom stereocenters. The Kier molecular flexibility index (Phi) is 4.46. The molecule has 2 aromatic heterocycles. The topological polar surface area (TPSA) is 28.2 Å². The number of hydrogen-bond acceptors (Lipinski definition) is 3. The fraction of sp³-hybridized carbons (Fsp3) is 0.200. The molecule has 0 spiro atoms. The summed E-state index contributed by atoms with van der Waals surface area (Å²) in [6.07, 6.45) is 1.79. The number of hydrogen-bond donors (Lipinski definition) is 1. The molecule has 2 atom stereocenters. The summed E-state index contributed by atoms with van der Waals surface area (Å²) in [5.74, 6) is -0.211. The van der Waals surface area contributed by atoms with Gasteiger partial charge in [-0.05, 0) is 74.1 Å². The van der Waals surface area contributed by atoms with Gasteiger partial charge in [0.1, 0.15) is 5.82 Å². The Morgan fingerprint density at radius 3 is 2.65 bits per heavy atom. The van der Waals surface area contributed by atoms with E-state index in [0.717, 1.165) is 11.4 Å². The zero-order valence-corrected chi connectivity index (χ0v) is 16.1. The first-order valence-corrected chi connectivity index (χ1v) is 9.60. The lowest BCUT2D eigenvalue weighted by Gasteiger charge is -2.27. The van der Waals surface area contributed by atoms with Gasteiger partial charge in [-0.2, -0.15) is 0 Å². The summed E-state index contributed by atoms with van der Waals surface area (Å²) in [4.78, 5) is 9.05. The molecule has 26 heavy (non-hydrogen) atoms. The number of aryl methyl sites for hydroxylation is 2. The third-order valence-corrected chi connectivity index (χ3v) is 5.96. The first kappa shape index (κ1) is 17.1. The van der Waals surface area contributed by atoms with E-state index in [2.05, 4.69) is 34.3 Å². The van der Waals surface area contributed by atoms with Crippen molar-refractivity contribution in [1.29, 1.82) is 0 Å². The fourth-order valence-electron chi connectivity index (χ4n) is 3.31. The number of nitrogens with zero attached hydrogens (tertiary/aromatic N) is 2. The van der Waals surface area contributed by atoms with Crippen molar-refractivity contribution in [2.45, 2.75) is 25.9 Å². The second-order valence-corrected chi connectivity index (χ2v) is 8.08. The van der Waals surface area contributed by atoms with Crippen LogP contribution in [0.4, 0.5) is 10.1 Å². The second-order valence-electron chi connectivity index (χ2n) is 6.38. The van der Waals surface area contributed by atoms with E-state index < -0.39 is 0 Å². The minimum absolute atomic E-state index is 0.0269. The van der Waals surface area contributed by atoms with Gasteiger partial charge < -0.3 is 10.2 Å². The first-order chi connectivity index (χ1) is 12.5. The number of thiocarbonyl (C=S) groups is 1. The molecule has 4 rings (SSSR count). The molecule has 6 heteroatoms. The fourth-order valence-corrected chi connectivity index (χ4v) is 4.67. The molecule has 1 saturated heterocycles. The van der Waals surface area contributed by atoms with E-state index in [-0.39, 0.29) is 17.9 Å². The van der Waals surface area contributed by atoms with Gasteiger partial charge in [-0.3, -0.25) is 4.98 Å². The predicted molar refractivity (Wildman–Crippen MR) is 108 cm³/mol. The van der Waals surface area contributed by atoms with Crippen LogP contribution in [0.25, 0.3) is 0 Å². The summed E-state index contributed by atoms with van der Waals surface area (Å²) in [6.45, 7) is 3.86. The molecular formula is C20H18FN3S2. The van der Waals surface area contributed by atoms with Gasteiger partial charge >= 0.3 is 0 Å². The molecule has 1 aromatic carbocycles. The first-order valence-electron chi connectivity index (χ1n) is 8.38. The van der Waals surface area contributed by atoms with E-state index >= 15 is 0 Å². The molecule has 0 amide bonds. The van der Waals surface area contributed by atoms with Crippen LogP contribution in [-0.2, 0) is 0 Å². The Balaban J connectivity index is 1.83. The van der Waals surface area contributed by atoms with Gasteiger partial charge in [0.05, 0.1) is 17.8 Å². The predicted octanol–water partition coefficient (Wildman–Crippen LogP) is 5.08. The zero-order chi connectivity index (χ0) is 18.3. The summed E-state index contributed by atoms with van der Waals surface area (Å²) in [5.41, 5.74) is 2.43. The summed E-state index contributed by atoms with van der Waals surface area (Å²) in [7, 11) is 0. The van der Waals surface area contributed by atoms with Crippen molar-refractivity contribution < 1.29 is 4.39 Å². The van der Waals surface area contributed by atoms with E-state index in [1.165, 1.54) is 15.8 Å². The maximum atomic E-state index is 13.8. The van der Waals surface area contributed by atoms with Gasteiger partial charge in [-0.1, -0.05) is 6.07 Å². The Morgan fingerprint density at radius 2 is 2.00 bits per heavy atom. The lowest BCUT2D eigenvalue weighted by atomic mass is 10.0. The Labute approximate surface area is 161 Å². The van der Waals surface area contributed by atoms with Gasteiger partial charge in [0.2, 0.25) is 0 Å². The van der Waals surface area contributed by atoms with Crippen molar-refractivity contribution >= 4 is 34.4 Å². The number of halogens is 1. The molecule has 1 aliphatic rings. The smallest absolute Gasteiger partial charge is 0.174 e. The van der Waals surface area contributed by atoms with Gasteiger partial charge in [0, 0.05) is 21.6 Å². The minimum atomic E-state index is -0.211. The molecule has 0 aliphatic carbocycles. The molecule has 0 radical (unpaired) electrons. The van der Waals surface area contributed by atoms with Crippen molar-refractivity contribution in [3.8, 4) is 0 Å². The summed E-state index contributed by atoms with van der Waals surface area (Å²) < 4.78 is 13.8. The molecule has 1 aliphatic heterocycles. The lowest BCUT2D eigenvalue weighted by molar-refractivity contribution is 0.574. The number of benzene rings is 1. The highest BCUT2D eigenvalue weighted by molar-refractivity contribution is 7.80. The summed E-state index contributed by atoms with van der Waals surface area (Å²) in [5, 5.41) is 4.05. The molecule has 0 saturated carbocycles. The molecule has 3 aromatic rings. The van der Waals surface area contributed by atoms with Gasteiger partial charge in [-0.15, -0.1) is 11.3 Å². The van der Waals surface area contributed by atoms with Crippen molar-refractivity contribution in [3.05, 3.63) is 81.6 Å². The van der Waals surface area contributed by atoms with Gasteiger partial charge in [-0.25, -0.2) is 4.39 Å². The van der Waals surface area contributed by atoms with Crippen LogP contribution in [0, 0.1) is 19.7 Å². The van der Waals surface area contributed by atoms with E-state index in [4.69, 9.17) is 12.2 Å². The second kappa shape index (κ2) is 6.78. The molecule has 1 fully saturated rings. The van der Waals surface area contributed by atoms with Crippen LogP contribution in [-0.4, -0.2) is 10.1 Å². The zero-order valence-electron chi connectivity index (χ0n) is 14.4. The molecule has 3 nitrogen and oxygen atoms in total. The van der Waals surface area contributed by atoms with Gasteiger partial charge in [0.25, 0.3) is 0 Å². The molecule has 132 valence electrons. The maximum absolute atomic E-state index is 13.8. The standard InChI is InChI=1S/C20H18FN3S2/c1-12-11-14(7-8-15(12)21)24-19(17-9-6-13(2)26-17)18(23-20(24)25)16-5-3-4-10-22-16/h3-11,18-19H,1-2H3,(H,23,25)/t18-,19+/m0/s1. The summed E-state index contributed by atoms with van der Waals surface area (Å²) >= 11 is 7.41. The van der Waals surface area contributed by atoms with Crippen LogP contribution >= 0.6 is 23.6 Å². The van der Waals surface area contributed by atoms with Crippen LogP contribution in [0.15, 0.2) is 54.7 Å². The van der Waals surface area contributed by atoms with Crippen LogP contribution in [0.2, 0.25) is 0 Å². The van der Waals surface area contributed by atoms with Crippen LogP contribution in [0.1, 0.15) is 33.1 Å². The van der Waals surface area contributed by atoms with E-state index in [0.29, 0.717) is 10.7 Å². The normalized spacial score (nSPS) is 19.7. The van der Waals surface area contributed by atoms with Crippen LogP contribution in [0.5, 0.6) is 0 Å². The number of anilines is 1. The monoisotopic (exact) mass is 383 g/mol.